The largest absolute Gasteiger partial charge is 0.394 e. The number of ether oxygens (including phenoxy) is 1. The molecule has 0 aromatic heterocycles. The van der Waals surface area contributed by atoms with Gasteiger partial charge in [-0.1, -0.05) is 42.5 Å². The topological polar surface area (TPSA) is 171 Å². The highest BCUT2D eigenvalue weighted by Gasteiger charge is 2.42. The van der Waals surface area contributed by atoms with Crippen molar-refractivity contribution in [2.24, 2.45) is 0 Å². The molecule has 1 aliphatic heterocycles. The molecule has 0 bridgehead atoms. The Balaban J connectivity index is 0.000000221. The number of ketones is 1. The van der Waals surface area contributed by atoms with Gasteiger partial charge >= 0.3 is 0 Å². The van der Waals surface area contributed by atoms with Crippen LogP contribution in [0.2, 0.25) is 0 Å². The van der Waals surface area contributed by atoms with E-state index in [0.717, 1.165) is 0 Å². The van der Waals surface area contributed by atoms with Crippen molar-refractivity contribution in [3.05, 3.63) is 75.8 Å². The summed E-state index contributed by atoms with van der Waals surface area (Å²) < 4.78 is 4.58. The summed E-state index contributed by atoms with van der Waals surface area (Å²) in [6.45, 7) is -0.526. The minimum absolute atomic E-state index is 0.115. The van der Waals surface area contributed by atoms with Crippen LogP contribution in [0.1, 0.15) is 15.9 Å². The first-order chi connectivity index (χ1) is 13.8. The van der Waals surface area contributed by atoms with Crippen molar-refractivity contribution in [1.29, 1.82) is 0 Å². The number of carbonyl (C=O) groups is 1. The highest BCUT2D eigenvalue weighted by atomic mass is 16.6. The van der Waals surface area contributed by atoms with Gasteiger partial charge < -0.3 is 30.3 Å². The van der Waals surface area contributed by atoms with Gasteiger partial charge in [0, 0.05) is 11.6 Å². The van der Waals surface area contributed by atoms with Crippen LogP contribution in [0, 0.1) is 10.1 Å². The third-order valence-electron chi connectivity index (χ3n) is 4.25. The van der Waals surface area contributed by atoms with E-state index in [9.17, 15) is 14.9 Å². The maximum Gasteiger partial charge on any atom is 0.280 e. The van der Waals surface area contributed by atoms with E-state index in [-0.39, 0.29) is 17.0 Å². The van der Waals surface area contributed by atoms with Gasteiger partial charge in [-0.15, -0.1) is 0 Å². The number of aliphatic hydroxyl groups excluding tert-OH is 5. The number of nitrogens with zero attached hydrogens (tertiary/aromatic N) is 1. The molecule has 1 saturated heterocycles. The molecule has 5 atom stereocenters. The second-order valence-corrected chi connectivity index (χ2v) is 6.19. The summed E-state index contributed by atoms with van der Waals surface area (Å²) in [5.74, 6) is -0.335. The Hall–Kier alpha value is -2.73. The standard InChI is InChI=1S/C13H9NO3.C6H12O6/c15-13(10-6-2-1-3-7-10)11-8-4-5-9-12(11)14(16)17;7-1-2-3(8)4(9)5(10)6(11)12-2/h1-9H;2-11H,1H2/t;2-,3-,4+,5+,6+/m.1/s1. The zero-order chi connectivity index (χ0) is 21.6. The fourth-order valence-corrected chi connectivity index (χ4v) is 2.65. The normalized spacial score (nSPS) is 26.2. The fourth-order valence-electron chi connectivity index (χ4n) is 2.65. The van der Waals surface area contributed by atoms with Gasteiger partial charge in [-0.25, -0.2) is 0 Å². The number of aliphatic hydroxyl groups is 5. The number of nitro benzene ring substituents is 1. The molecule has 0 unspecified atom stereocenters. The molecule has 0 aliphatic carbocycles. The van der Waals surface area contributed by atoms with Crippen LogP contribution < -0.4 is 0 Å². The lowest BCUT2D eigenvalue weighted by Gasteiger charge is -2.37. The summed E-state index contributed by atoms with van der Waals surface area (Å²) in [4.78, 5) is 22.3. The quantitative estimate of drug-likeness (QED) is 0.257. The number of hydrogen-bond donors (Lipinski definition) is 5. The van der Waals surface area contributed by atoms with Crippen LogP contribution in [0.4, 0.5) is 5.69 Å². The van der Waals surface area contributed by atoms with E-state index in [1.54, 1.807) is 42.5 Å². The maximum absolute atomic E-state index is 12.1. The molecule has 3 rings (SSSR count). The lowest BCUT2D eigenvalue weighted by Crippen LogP contribution is -2.58. The van der Waals surface area contributed by atoms with E-state index < -0.39 is 42.2 Å². The molecular weight excluding hydrogens is 386 g/mol. The summed E-state index contributed by atoms with van der Waals surface area (Å²) in [5, 5.41) is 55.5. The summed E-state index contributed by atoms with van der Waals surface area (Å²) in [7, 11) is 0. The number of rotatable bonds is 4. The van der Waals surface area contributed by atoms with Crippen LogP contribution in [0.5, 0.6) is 0 Å². The molecule has 5 N–H and O–H groups in total. The van der Waals surface area contributed by atoms with Crippen molar-refractivity contribution in [2.75, 3.05) is 6.61 Å². The van der Waals surface area contributed by atoms with E-state index >= 15 is 0 Å². The van der Waals surface area contributed by atoms with Crippen molar-refractivity contribution in [3.63, 3.8) is 0 Å². The smallest absolute Gasteiger partial charge is 0.280 e. The molecule has 2 aromatic rings. The molecule has 0 spiro atoms. The molecule has 0 radical (unpaired) electrons. The first-order valence-corrected chi connectivity index (χ1v) is 8.59. The minimum Gasteiger partial charge on any atom is -0.394 e. The summed E-state index contributed by atoms with van der Waals surface area (Å²) in [5.41, 5.74) is 0.395. The van der Waals surface area contributed by atoms with E-state index in [1.807, 2.05) is 0 Å². The van der Waals surface area contributed by atoms with Gasteiger partial charge in [0.1, 0.15) is 30.0 Å². The maximum atomic E-state index is 12.1. The number of hydrogen-bond acceptors (Lipinski definition) is 9. The molecule has 0 amide bonds. The van der Waals surface area contributed by atoms with E-state index in [1.165, 1.54) is 12.1 Å². The second kappa shape index (κ2) is 10.2. The molecular formula is C19H21NO9. The molecule has 2 aromatic carbocycles. The SMILES string of the molecule is O=C(c1ccccc1)c1ccccc1[N+](=O)[O-].OC[C@H]1O[C@H](O)[C@@H](O)[C@@H](O)[C@@H]1O. The molecule has 156 valence electrons. The Morgan fingerprint density at radius 2 is 1.52 bits per heavy atom. The van der Waals surface area contributed by atoms with Crippen LogP contribution in [-0.2, 0) is 4.74 Å². The summed E-state index contributed by atoms with van der Waals surface area (Å²) in [6, 6.07) is 14.5. The number of benzene rings is 2. The minimum atomic E-state index is -1.57. The van der Waals surface area contributed by atoms with E-state index in [4.69, 9.17) is 25.5 Å². The van der Waals surface area contributed by atoms with Crippen LogP contribution >= 0.6 is 0 Å². The van der Waals surface area contributed by atoms with E-state index in [0.29, 0.717) is 5.56 Å². The van der Waals surface area contributed by atoms with Gasteiger partial charge in [0.25, 0.3) is 5.69 Å². The predicted molar refractivity (Wildman–Crippen MR) is 99.0 cm³/mol. The molecule has 0 saturated carbocycles. The third-order valence-corrected chi connectivity index (χ3v) is 4.25. The highest BCUT2D eigenvalue weighted by molar-refractivity contribution is 6.11. The van der Waals surface area contributed by atoms with Crippen molar-refractivity contribution in [2.45, 2.75) is 30.7 Å². The number of para-hydroxylation sites is 1. The van der Waals surface area contributed by atoms with Crippen molar-refractivity contribution >= 4 is 11.5 Å². The monoisotopic (exact) mass is 407 g/mol. The van der Waals surface area contributed by atoms with Crippen molar-refractivity contribution in [1.82, 2.24) is 0 Å². The second-order valence-electron chi connectivity index (χ2n) is 6.19. The Kier molecular flexibility index (Phi) is 7.91. The van der Waals surface area contributed by atoms with Gasteiger partial charge in [0.15, 0.2) is 12.1 Å². The Morgan fingerprint density at radius 3 is 2.10 bits per heavy atom. The zero-order valence-corrected chi connectivity index (χ0v) is 15.1. The molecule has 1 heterocycles. The van der Waals surface area contributed by atoms with Gasteiger partial charge in [-0.05, 0) is 6.07 Å². The summed E-state index contributed by atoms with van der Waals surface area (Å²) >= 11 is 0. The van der Waals surface area contributed by atoms with Gasteiger partial charge in [0.2, 0.25) is 0 Å². The zero-order valence-electron chi connectivity index (χ0n) is 15.1. The lowest BCUT2D eigenvalue weighted by molar-refractivity contribution is -0.385. The first-order valence-electron chi connectivity index (χ1n) is 8.59. The molecule has 1 aliphatic rings. The van der Waals surface area contributed by atoms with Crippen LogP contribution in [0.15, 0.2) is 54.6 Å². The number of nitro groups is 1. The lowest BCUT2D eigenvalue weighted by atomic mass is 10.00. The molecule has 10 nitrogen and oxygen atoms in total. The van der Waals surface area contributed by atoms with Crippen LogP contribution in [0.25, 0.3) is 0 Å². The Morgan fingerprint density at radius 1 is 0.931 bits per heavy atom. The fraction of sp³-hybridized carbons (Fsp3) is 0.316. The van der Waals surface area contributed by atoms with Gasteiger partial charge in [-0.2, -0.15) is 0 Å². The van der Waals surface area contributed by atoms with Gasteiger partial charge in [-0.3, -0.25) is 14.9 Å². The Bertz CT molecular complexity index is 825. The average Bonchev–Trinajstić information content (AvgIpc) is 2.75. The van der Waals surface area contributed by atoms with Crippen LogP contribution in [-0.4, -0.2) is 73.6 Å². The highest BCUT2D eigenvalue weighted by Crippen LogP contribution is 2.21. The van der Waals surface area contributed by atoms with E-state index in [2.05, 4.69) is 4.74 Å². The molecule has 10 heteroatoms. The van der Waals surface area contributed by atoms with Gasteiger partial charge in [0.05, 0.1) is 11.5 Å². The van der Waals surface area contributed by atoms with Crippen LogP contribution in [0.3, 0.4) is 0 Å². The number of carbonyl (C=O) groups excluding carboxylic acids is 1. The first kappa shape index (κ1) is 22.6. The molecule has 1 fully saturated rings. The summed E-state index contributed by atoms with van der Waals surface area (Å²) in [6.07, 6.45) is -7.04. The predicted octanol–water partition coefficient (Wildman–Crippen LogP) is -0.396. The molecule has 29 heavy (non-hydrogen) atoms. The average molecular weight is 407 g/mol. The van der Waals surface area contributed by atoms with Crippen molar-refractivity contribution < 1.29 is 40.0 Å². The third kappa shape index (κ3) is 5.41. The van der Waals surface area contributed by atoms with Crippen molar-refractivity contribution in [3.8, 4) is 0 Å². The Labute approximate surface area is 165 Å².